The summed E-state index contributed by atoms with van der Waals surface area (Å²) in [6.07, 6.45) is 7.58. The zero-order valence-electron chi connectivity index (χ0n) is 11.8. The summed E-state index contributed by atoms with van der Waals surface area (Å²) >= 11 is 1.79. The summed E-state index contributed by atoms with van der Waals surface area (Å²) in [6.45, 7) is 4.03. The third-order valence-corrected chi connectivity index (χ3v) is 4.97. The molecule has 1 fully saturated rings. The van der Waals surface area contributed by atoms with E-state index in [1.165, 1.54) is 37.0 Å². The van der Waals surface area contributed by atoms with Crippen molar-refractivity contribution in [1.29, 1.82) is 0 Å². The maximum atomic E-state index is 5.94. The Balaban J connectivity index is 1.70. The molecule has 0 atom stereocenters. The molecule has 0 saturated heterocycles. The van der Waals surface area contributed by atoms with Crippen molar-refractivity contribution in [3.63, 3.8) is 0 Å². The van der Waals surface area contributed by atoms with E-state index in [-0.39, 0.29) is 0 Å². The lowest BCUT2D eigenvalue weighted by atomic mass is 9.66. The van der Waals surface area contributed by atoms with Gasteiger partial charge in [-0.15, -0.1) is 11.3 Å². The van der Waals surface area contributed by atoms with Gasteiger partial charge in [0.15, 0.2) is 5.96 Å². The van der Waals surface area contributed by atoms with E-state index in [1.54, 1.807) is 11.3 Å². The quantitative estimate of drug-likeness (QED) is 0.595. The maximum absolute atomic E-state index is 5.94. The van der Waals surface area contributed by atoms with Gasteiger partial charge < -0.3 is 11.1 Å². The highest BCUT2D eigenvalue weighted by atomic mass is 32.1. The van der Waals surface area contributed by atoms with Crippen LogP contribution in [0, 0.1) is 5.41 Å². The second kappa shape index (κ2) is 6.94. The second-order valence-corrected chi connectivity index (χ2v) is 6.59. The van der Waals surface area contributed by atoms with Crippen LogP contribution in [0.5, 0.6) is 0 Å². The minimum absolute atomic E-state index is 0.467. The third-order valence-electron chi connectivity index (χ3n) is 4.04. The smallest absolute Gasteiger partial charge is 0.188 e. The number of thiophene rings is 1. The summed E-state index contributed by atoms with van der Waals surface area (Å²) < 4.78 is 0. The first-order chi connectivity index (χ1) is 9.24. The molecule has 0 aliphatic heterocycles. The third kappa shape index (κ3) is 4.23. The molecule has 0 bridgehead atoms. The van der Waals surface area contributed by atoms with Crippen LogP contribution in [0.15, 0.2) is 22.5 Å². The van der Waals surface area contributed by atoms with Crippen LogP contribution in [0.3, 0.4) is 0 Å². The Hall–Kier alpha value is -1.03. The average Bonchev–Trinajstić information content (AvgIpc) is 2.85. The molecule has 3 N–H and O–H groups in total. The fourth-order valence-corrected chi connectivity index (χ4v) is 3.48. The Kier molecular flexibility index (Phi) is 5.25. The molecule has 3 nitrogen and oxygen atoms in total. The van der Waals surface area contributed by atoms with E-state index in [4.69, 9.17) is 5.73 Å². The van der Waals surface area contributed by atoms with Gasteiger partial charge in [0.25, 0.3) is 0 Å². The zero-order chi connectivity index (χ0) is 13.6. The van der Waals surface area contributed by atoms with Crippen LogP contribution >= 0.6 is 11.3 Å². The SMILES string of the molecule is CCCC1(CN=C(N)NCCc2cccs2)CCC1. The Morgan fingerprint density at radius 2 is 2.37 bits per heavy atom. The molecule has 0 spiro atoms. The fourth-order valence-electron chi connectivity index (χ4n) is 2.77. The summed E-state index contributed by atoms with van der Waals surface area (Å²) in [5.74, 6) is 0.610. The summed E-state index contributed by atoms with van der Waals surface area (Å²) in [6, 6.07) is 4.24. The molecule has 2 rings (SSSR count). The molecule has 0 unspecified atom stereocenters. The van der Waals surface area contributed by atoms with Gasteiger partial charge in [-0.1, -0.05) is 25.8 Å². The van der Waals surface area contributed by atoms with E-state index in [0.29, 0.717) is 11.4 Å². The normalized spacial score (nSPS) is 18.1. The second-order valence-electron chi connectivity index (χ2n) is 5.56. The molecular formula is C15H25N3S. The molecule has 0 aromatic carbocycles. The lowest BCUT2D eigenvalue weighted by Gasteiger charge is -2.40. The van der Waals surface area contributed by atoms with Crippen LogP contribution < -0.4 is 11.1 Å². The van der Waals surface area contributed by atoms with Crippen molar-refractivity contribution in [2.45, 2.75) is 45.4 Å². The van der Waals surface area contributed by atoms with Crippen LogP contribution in [-0.2, 0) is 6.42 Å². The molecule has 19 heavy (non-hydrogen) atoms. The van der Waals surface area contributed by atoms with Gasteiger partial charge in [0, 0.05) is 18.0 Å². The van der Waals surface area contributed by atoms with Crippen molar-refractivity contribution in [3.05, 3.63) is 22.4 Å². The molecule has 1 aliphatic rings. The van der Waals surface area contributed by atoms with Gasteiger partial charge in [0.2, 0.25) is 0 Å². The van der Waals surface area contributed by atoms with Crippen LogP contribution in [0.25, 0.3) is 0 Å². The summed E-state index contributed by atoms with van der Waals surface area (Å²) in [5.41, 5.74) is 6.40. The molecule has 1 aromatic heterocycles. The molecular weight excluding hydrogens is 254 g/mol. The van der Waals surface area contributed by atoms with E-state index in [2.05, 4.69) is 34.7 Å². The summed E-state index contributed by atoms with van der Waals surface area (Å²) in [5, 5.41) is 5.33. The number of aliphatic imine (C=N–C) groups is 1. The fraction of sp³-hybridized carbons (Fsp3) is 0.667. The Morgan fingerprint density at radius 3 is 2.95 bits per heavy atom. The number of hydrogen-bond donors (Lipinski definition) is 2. The molecule has 106 valence electrons. The van der Waals surface area contributed by atoms with Crippen molar-refractivity contribution < 1.29 is 0 Å². The molecule has 1 saturated carbocycles. The minimum atomic E-state index is 0.467. The highest BCUT2D eigenvalue weighted by molar-refractivity contribution is 7.09. The lowest BCUT2D eigenvalue weighted by Crippen LogP contribution is -2.37. The largest absolute Gasteiger partial charge is 0.370 e. The minimum Gasteiger partial charge on any atom is -0.370 e. The number of hydrogen-bond acceptors (Lipinski definition) is 2. The summed E-state index contributed by atoms with van der Waals surface area (Å²) in [4.78, 5) is 5.93. The topological polar surface area (TPSA) is 50.4 Å². The van der Waals surface area contributed by atoms with Gasteiger partial charge in [-0.05, 0) is 42.5 Å². The number of nitrogens with one attached hydrogen (secondary N) is 1. The van der Waals surface area contributed by atoms with Gasteiger partial charge >= 0.3 is 0 Å². The van der Waals surface area contributed by atoms with Crippen LogP contribution in [0.1, 0.15) is 43.9 Å². The number of nitrogens with zero attached hydrogens (tertiary/aromatic N) is 1. The molecule has 1 aliphatic carbocycles. The molecule has 1 aromatic rings. The van der Waals surface area contributed by atoms with Gasteiger partial charge in [-0.2, -0.15) is 0 Å². The van der Waals surface area contributed by atoms with Gasteiger partial charge in [-0.3, -0.25) is 4.99 Å². The van der Waals surface area contributed by atoms with E-state index in [1.807, 2.05) is 0 Å². The van der Waals surface area contributed by atoms with Crippen molar-refractivity contribution in [3.8, 4) is 0 Å². The molecule has 0 amide bonds. The maximum Gasteiger partial charge on any atom is 0.188 e. The highest BCUT2D eigenvalue weighted by Crippen LogP contribution is 2.44. The Bertz CT molecular complexity index is 394. The number of nitrogens with two attached hydrogens (primary N) is 1. The van der Waals surface area contributed by atoms with Gasteiger partial charge in [0.1, 0.15) is 0 Å². The van der Waals surface area contributed by atoms with E-state index in [0.717, 1.165) is 19.5 Å². The molecule has 1 heterocycles. The lowest BCUT2D eigenvalue weighted by molar-refractivity contribution is 0.130. The first kappa shape index (κ1) is 14.4. The molecule has 4 heteroatoms. The van der Waals surface area contributed by atoms with Gasteiger partial charge in [0.05, 0.1) is 0 Å². The first-order valence-corrected chi connectivity index (χ1v) is 8.18. The standard InChI is InChI=1S/C15H25N3S/c1-2-7-15(8-4-9-15)12-18-14(16)17-10-6-13-5-3-11-19-13/h3,5,11H,2,4,6-10,12H2,1H3,(H3,16,17,18). The van der Waals surface area contributed by atoms with Gasteiger partial charge in [-0.25, -0.2) is 0 Å². The number of rotatable bonds is 7. The van der Waals surface area contributed by atoms with Crippen molar-refractivity contribution >= 4 is 17.3 Å². The highest BCUT2D eigenvalue weighted by Gasteiger charge is 2.35. The predicted octanol–water partition coefficient (Wildman–Crippen LogP) is 3.17. The average molecular weight is 279 g/mol. The van der Waals surface area contributed by atoms with E-state index < -0.39 is 0 Å². The van der Waals surface area contributed by atoms with E-state index >= 15 is 0 Å². The first-order valence-electron chi connectivity index (χ1n) is 7.30. The van der Waals surface area contributed by atoms with Crippen molar-refractivity contribution in [2.75, 3.05) is 13.1 Å². The Morgan fingerprint density at radius 1 is 1.53 bits per heavy atom. The predicted molar refractivity (Wildman–Crippen MR) is 83.7 cm³/mol. The number of guanidine groups is 1. The summed E-state index contributed by atoms with van der Waals surface area (Å²) in [7, 11) is 0. The van der Waals surface area contributed by atoms with Crippen LogP contribution in [0.4, 0.5) is 0 Å². The Labute approximate surface area is 120 Å². The van der Waals surface area contributed by atoms with Crippen molar-refractivity contribution in [2.24, 2.45) is 16.1 Å². The monoisotopic (exact) mass is 279 g/mol. The van der Waals surface area contributed by atoms with E-state index in [9.17, 15) is 0 Å². The zero-order valence-corrected chi connectivity index (χ0v) is 12.6. The molecule has 0 radical (unpaired) electrons. The van der Waals surface area contributed by atoms with Crippen LogP contribution in [-0.4, -0.2) is 19.0 Å². The van der Waals surface area contributed by atoms with Crippen molar-refractivity contribution in [1.82, 2.24) is 5.32 Å². The van der Waals surface area contributed by atoms with Crippen LogP contribution in [0.2, 0.25) is 0 Å².